The Labute approximate surface area is 136 Å². The number of carbonyl (C=O) groups is 1. The van der Waals surface area contributed by atoms with Crippen LogP contribution in [-0.4, -0.2) is 11.9 Å². The summed E-state index contributed by atoms with van der Waals surface area (Å²) in [5.74, 6) is 0.611. The van der Waals surface area contributed by atoms with E-state index in [2.05, 4.69) is 26.1 Å². The quantitative estimate of drug-likeness (QED) is 0.819. The van der Waals surface area contributed by atoms with Gasteiger partial charge in [-0.2, -0.15) is 0 Å². The van der Waals surface area contributed by atoms with Gasteiger partial charge in [-0.1, -0.05) is 44.0 Å². The predicted molar refractivity (Wildman–Crippen MR) is 86.9 cm³/mol. The third kappa shape index (κ3) is 2.19. The van der Waals surface area contributed by atoms with Crippen molar-refractivity contribution in [3.63, 3.8) is 0 Å². The Morgan fingerprint density at radius 1 is 1.29 bits per heavy atom. The van der Waals surface area contributed by atoms with Crippen LogP contribution >= 0.6 is 23.2 Å². The molecule has 4 heteroatoms. The lowest BCUT2D eigenvalue weighted by Gasteiger charge is -2.39. The molecule has 0 radical (unpaired) electrons. The molecule has 3 atom stereocenters. The van der Waals surface area contributed by atoms with E-state index in [1.54, 1.807) is 18.2 Å². The minimum Gasteiger partial charge on any atom is -0.349 e. The van der Waals surface area contributed by atoms with Crippen LogP contribution < -0.4 is 5.32 Å². The van der Waals surface area contributed by atoms with Gasteiger partial charge in [0.15, 0.2) is 0 Å². The van der Waals surface area contributed by atoms with Crippen LogP contribution in [0.5, 0.6) is 0 Å². The molecular formula is C17H21Cl2NO. The van der Waals surface area contributed by atoms with Crippen molar-refractivity contribution in [1.29, 1.82) is 0 Å². The van der Waals surface area contributed by atoms with Crippen molar-refractivity contribution in [1.82, 2.24) is 5.32 Å². The summed E-state index contributed by atoms with van der Waals surface area (Å²) < 4.78 is 0. The van der Waals surface area contributed by atoms with Crippen LogP contribution in [0.3, 0.4) is 0 Å². The Morgan fingerprint density at radius 3 is 2.52 bits per heavy atom. The number of amides is 1. The maximum atomic E-state index is 12.5. The maximum absolute atomic E-state index is 12.5. The van der Waals surface area contributed by atoms with Gasteiger partial charge in [0, 0.05) is 11.1 Å². The lowest BCUT2D eigenvalue weighted by Crippen LogP contribution is -2.46. The van der Waals surface area contributed by atoms with Gasteiger partial charge in [-0.3, -0.25) is 4.79 Å². The fraction of sp³-hybridized carbons (Fsp3) is 0.588. The summed E-state index contributed by atoms with van der Waals surface area (Å²) in [6.45, 7) is 6.99. The predicted octanol–water partition coefficient (Wildman–Crippen LogP) is 4.94. The van der Waals surface area contributed by atoms with Crippen LogP contribution in [0.25, 0.3) is 0 Å². The average Bonchev–Trinajstić information content (AvgIpc) is 2.71. The summed E-state index contributed by atoms with van der Waals surface area (Å²) in [6.07, 6.45) is 3.53. The smallest absolute Gasteiger partial charge is 0.253 e. The Kier molecular flexibility index (Phi) is 3.53. The normalized spacial score (nSPS) is 33.2. The largest absolute Gasteiger partial charge is 0.349 e. The van der Waals surface area contributed by atoms with Crippen LogP contribution in [0.15, 0.2) is 18.2 Å². The number of halogens is 2. The third-order valence-corrected chi connectivity index (χ3v) is 6.82. The number of benzene rings is 1. The molecule has 3 rings (SSSR count). The summed E-state index contributed by atoms with van der Waals surface area (Å²) in [7, 11) is 0. The first-order chi connectivity index (χ1) is 9.75. The highest BCUT2D eigenvalue weighted by Crippen LogP contribution is 2.65. The summed E-state index contributed by atoms with van der Waals surface area (Å²) >= 11 is 12.0. The zero-order valence-corrected chi connectivity index (χ0v) is 14.2. The summed E-state index contributed by atoms with van der Waals surface area (Å²) in [4.78, 5) is 12.5. The Hall–Kier alpha value is -0.730. The van der Waals surface area contributed by atoms with Crippen molar-refractivity contribution in [3.05, 3.63) is 33.8 Å². The van der Waals surface area contributed by atoms with E-state index in [9.17, 15) is 4.79 Å². The number of carbonyl (C=O) groups excluding carboxylic acids is 1. The van der Waals surface area contributed by atoms with Crippen molar-refractivity contribution in [2.45, 2.75) is 46.1 Å². The van der Waals surface area contributed by atoms with Gasteiger partial charge < -0.3 is 5.32 Å². The Morgan fingerprint density at radius 2 is 2.00 bits per heavy atom. The Bertz CT molecular complexity index is 598. The molecule has 0 aliphatic heterocycles. The van der Waals surface area contributed by atoms with E-state index >= 15 is 0 Å². The van der Waals surface area contributed by atoms with Gasteiger partial charge in [-0.05, 0) is 54.2 Å². The molecule has 0 heterocycles. The minimum absolute atomic E-state index is 0.0914. The van der Waals surface area contributed by atoms with Gasteiger partial charge in [0.2, 0.25) is 0 Å². The molecule has 21 heavy (non-hydrogen) atoms. The van der Waals surface area contributed by atoms with Crippen molar-refractivity contribution >= 4 is 29.1 Å². The molecule has 1 N–H and O–H groups in total. The molecule has 0 unspecified atom stereocenters. The maximum Gasteiger partial charge on any atom is 0.253 e. The first-order valence-electron chi connectivity index (χ1n) is 7.51. The Balaban J connectivity index is 1.80. The van der Waals surface area contributed by atoms with Gasteiger partial charge in [0.25, 0.3) is 5.91 Å². The topological polar surface area (TPSA) is 29.1 Å². The molecule has 2 aliphatic carbocycles. The molecule has 1 aromatic carbocycles. The van der Waals surface area contributed by atoms with E-state index in [4.69, 9.17) is 23.2 Å². The average molecular weight is 326 g/mol. The zero-order valence-electron chi connectivity index (χ0n) is 12.7. The molecule has 2 aliphatic rings. The second-order valence-corrected chi connectivity index (χ2v) is 8.10. The molecule has 2 saturated carbocycles. The highest BCUT2D eigenvalue weighted by Gasteiger charge is 2.61. The summed E-state index contributed by atoms with van der Waals surface area (Å²) in [5, 5.41) is 4.17. The van der Waals surface area contributed by atoms with E-state index in [0.717, 1.165) is 6.42 Å². The fourth-order valence-electron chi connectivity index (χ4n) is 4.33. The zero-order chi connectivity index (χ0) is 15.4. The van der Waals surface area contributed by atoms with Crippen LogP contribution in [0.1, 0.15) is 50.4 Å². The van der Waals surface area contributed by atoms with E-state index in [0.29, 0.717) is 21.5 Å². The second-order valence-electron chi connectivity index (χ2n) is 7.26. The molecule has 1 aromatic rings. The monoisotopic (exact) mass is 325 g/mol. The van der Waals surface area contributed by atoms with Crippen LogP contribution in [0.4, 0.5) is 0 Å². The second kappa shape index (κ2) is 4.89. The fourth-order valence-corrected chi connectivity index (χ4v) is 4.83. The van der Waals surface area contributed by atoms with Crippen LogP contribution in [-0.2, 0) is 0 Å². The molecule has 0 aromatic heterocycles. The molecule has 0 saturated heterocycles. The molecule has 0 spiro atoms. The highest BCUT2D eigenvalue weighted by atomic mass is 35.5. The lowest BCUT2D eigenvalue weighted by atomic mass is 9.69. The van der Waals surface area contributed by atoms with E-state index in [-0.39, 0.29) is 22.8 Å². The molecule has 1 amide bonds. The van der Waals surface area contributed by atoms with Crippen molar-refractivity contribution in [2.75, 3.05) is 0 Å². The number of rotatable bonds is 2. The van der Waals surface area contributed by atoms with E-state index in [1.165, 1.54) is 12.8 Å². The molecule has 114 valence electrons. The molecule has 2 fully saturated rings. The number of fused-ring (bicyclic) bond motifs is 2. The van der Waals surface area contributed by atoms with Crippen molar-refractivity contribution < 1.29 is 4.79 Å². The van der Waals surface area contributed by atoms with Crippen molar-refractivity contribution in [2.24, 2.45) is 16.7 Å². The lowest BCUT2D eigenvalue weighted by molar-refractivity contribution is 0.0826. The molecule has 2 bridgehead atoms. The van der Waals surface area contributed by atoms with Gasteiger partial charge >= 0.3 is 0 Å². The number of hydrogen-bond donors (Lipinski definition) is 1. The molecule has 2 nitrogen and oxygen atoms in total. The summed E-state index contributed by atoms with van der Waals surface area (Å²) in [5.41, 5.74) is 0.964. The van der Waals surface area contributed by atoms with Crippen LogP contribution in [0, 0.1) is 16.7 Å². The van der Waals surface area contributed by atoms with E-state index in [1.807, 2.05) is 0 Å². The highest BCUT2D eigenvalue weighted by molar-refractivity contribution is 6.36. The SMILES string of the molecule is CC1(C)[C@H]2CC[C@@]1(C)[C@H](NC(=O)c1ccc(Cl)cc1Cl)C2. The van der Waals surface area contributed by atoms with Gasteiger partial charge in [-0.25, -0.2) is 0 Å². The van der Waals surface area contributed by atoms with E-state index < -0.39 is 0 Å². The molecular weight excluding hydrogens is 305 g/mol. The van der Waals surface area contributed by atoms with Crippen molar-refractivity contribution in [3.8, 4) is 0 Å². The van der Waals surface area contributed by atoms with Gasteiger partial charge in [0.1, 0.15) is 0 Å². The summed E-state index contributed by atoms with van der Waals surface area (Å²) in [6, 6.07) is 5.24. The number of hydrogen-bond acceptors (Lipinski definition) is 1. The third-order valence-electron chi connectivity index (χ3n) is 6.28. The first-order valence-corrected chi connectivity index (χ1v) is 8.27. The number of nitrogens with one attached hydrogen (secondary N) is 1. The van der Waals surface area contributed by atoms with Gasteiger partial charge in [0.05, 0.1) is 10.6 Å². The first kappa shape index (κ1) is 15.2. The van der Waals surface area contributed by atoms with Gasteiger partial charge in [-0.15, -0.1) is 0 Å². The van der Waals surface area contributed by atoms with Crippen LogP contribution in [0.2, 0.25) is 10.0 Å². The standard InChI is InChI=1S/C17H21Cl2NO/c1-16(2)10-6-7-17(16,3)14(8-10)20-15(21)12-5-4-11(18)9-13(12)19/h4-5,9-10,14H,6-8H2,1-3H3,(H,20,21)/t10-,14+,17-/m0/s1. The minimum atomic E-state index is -0.0914.